The molecule has 0 N–H and O–H groups in total. The van der Waals surface area contributed by atoms with Crippen molar-refractivity contribution in [2.24, 2.45) is 0 Å². The van der Waals surface area contributed by atoms with E-state index in [0.717, 1.165) is 12.1 Å². The molecule has 0 aromatic heterocycles. The van der Waals surface area contributed by atoms with Gasteiger partial charge in [-0.2, -0.15) is 0 Å². The van der Waals surface area contributed by atoms with Gasteiger partial charge in [-0.1, -0.05) is 0 Å². The second kappa shape index (κ2) is 13.8. The zero-order valence-corrected chi connectivity index (χ0v) is 29.1. The number of rotatable bonds is 14. The molecule has 0 heterocycles. The van der Waals surface area contributed by atoms with Crippen LogP contribution in [0.1, 0.15) is 13.8 Å². The topological polar surface area (TPSA) is 0 Å². The summed E-state index contributed by atoms with van der Waals surface area (Å²) in [6.45, 7) is -1.34. The molecule has 2 aromatic rings. The first-order valence-electron chi connectivity index (χ1n) is 14.0. The van der Waals surface area contributed by atoms with Gasteiger partial charge in [-0.15, -0.1) is 0 Å². The number of benzene rings is 2. The quantitative estimate of drug-likeness (QED) is 0.131. The maximum atomic E-state index is 16.0. The molecular formula is C28H18F26Sn. The second-order valence-corrected chi connectivity index (χ2v) is 25.1. The maximum absolute atomic E-state index is 16.0. The number of halogens is 26. The summed E-state index contributed by atoms with van der Waals surface area (Å²) in [5, 5.41) is 0. The number of hydrogen-bond acceptors (Lipinski definition) is 0. The summed E-state index contributed by atoms with van der Waals surface area (Å²) in [6.07, 6.45) is -15.8. The molecular weight excluding hydrogens is 949 g/mol. The number of hydrogen-bond donors (Lipinski definition) is 0. The monoisotopic (exact) mass is 968 g/mol. The molecule has 0 aliphatic carbocycles. The van der Waals surface area contributed by atoms with Crippen LogP contribution in [0.4, 0.5) is 114 Å². The van der Waals surface area contributed by atoms with Crippen molar-refractivity contribution in [1.82, 2.24) is 0 Å². The van der Waals surface area contributed by atoms with Crippen molar-refractivity contribution < 1.29 is 114 Å². The summed E-state index contributed by atoms with van der Waals surface area (Å²) in [7, 11) is 0. The molecule has 0 radical (unpaired) electrons. The van der Waals surface area contributed by atoms with Crippen molar-refractivity contribution in [1.29, 1.82) is 0 Å². The van der Waals surface area contributed by atoms with Gasteiger partial charge < -0.3 is 0 Å². The fraction of sp³-hybridized carbons (Fsp3) is 0.571. The Hall–Kier alpha value is -2.58. The molecule has 316 valence electrons. The molecule has 0 bridgehead atoms. The van der Waals surface area contributed by atoms with Gasteiger partial charge in [-0.25, -0.2) is 0 Å². The van der Waals surface area contributed by atoms with Crippen molar-refractivity contribution >= 4 is 25.5 Å². The zero-order chi connectivity index (χ0) is 43.9. The summed E-state index contributed by atoms with van der Waals surface area (Å²) in [6, 6.07) is 4.24. The van der Waals surface area contributed by atoms with Gasteiger partial charge in [-0.3, -0.25) is 0 Å². The zero-order valence-electron chi connectivity index (χ0n) is 26.3. The Morgan fingerprint density at radius 2 is 0.509 bits per heavy atom. The van der Waals surface area contributed by atoms with Crippen LogP contribution in [0.2, 0.25) is 7.87 Å². The Labute approximate surface area is 293 Å². The van der Waals surface area contributed by atoms with E-state index >= 15 is 35.1 Å². The Balaban J connectivity index is 3.19. The van der Waals surface area contributed by atoms with Crippen molar-refractivity contribution in [3.63, 3.8) is 0 Å². The van der Waals surface area contributed by atoms with E-state index in [1.807, 2.05) is 0 Å². The first kappa shape index (κ1) is 48.6. The normalized spacial score (nSPS) is 16.9. The third-order valence-electron chi connectivity index (χ3n) is 8.87. The van der Waals surface area contributed by atoms with Crippen LogP contribution in [0.3, 0.4) is 0 Å². The molecule has 0 aliphatic heterocycles. The molecule has 0 saturated heterocycles. The second-order valence-electron chi connectivity index (χ2n) is 11.9. The van der Waals surface area contributed by atoms with Gasteiger partial charge in [0.05, 0.1) is 0 Å². The number of alkyl halides is 26. The summed E-state index contributed by atoms with van der Waals surface area (Å²) >= 11 is -8.34. The van der Waals surface area contributed by atoms with E-state index in [0.29, 0.717) is 24.3 Å². The van der Waals surface area contributed by atoms with E-state index in [2.05, 4.69) is 0 Å². The minimum absolute atomic E-state index is 0.188. The molecule has 0 amide bonds. The Morgan fingerprint density at radius 1 is 0.309 bits per heavy atom. The molecule has 2 unspecified atom stereocenters. The predicted octanol–water partition coefficient (Wildman–Crippen LogP) is 11.5. The molecule has 2 atom stereocenters. The van der Waals surface area contributed by atoms with Gasteiger partial charge >= 0.3 is 294 Å². The van der Waals surface area contributed by atoms with Gasteiger partial charge in [0, 0.05) is 0 Å². The van der Waals surface area contributed by atoms with Gasteiger partial charge in [0.2, 0.25) is 0 Å². The predicted molar refractivity (Wildman–Crippen MR) is 138 cm³/mol. The molecule has 0 fully saturated rings. The van der Waals surface area contributed by atoms with Crippen LogP contribution in [0.25, 0.3) is 0 Å². The summed E-state index contributed by atoms with van der Waals surface area (Å²) < 4.78 is 357. The van der Waals surface area contributed by atoms with Crippen LogP contribution in [0.15, 0.2) is 60.7 Å². The standard InChI is InChI=1S/2C8H4F13.2C6H5.Sn/c2*1-2-3(9,10)4(11,12)5(13,14)6(15,16)7(17,18)8(19,20)21;2*1-2-4-6-5-3-1;/h2*2H,1H3;2*1-5H;. The first-order valence-corrected chi connectivity index (χ1v) is 20.2. The Morgan fingerprint density at radius 3 is 0.709 bits per heavy atom. The molecule has 55 heavy (non-hydrogen) atoms. The first-order chi connectivity index (χ1) is 24.0. The summed E-state index contributed by atoms with van der Waals surface area (Å²) in [4.78, 5) is 0. The van der Waals surface area contributed by atoms with Crippen molar-refractivity contribution in [3.05, 3.63) is 60.7 Å². The fourth-order valence-corrected chi connectivity index (χ4v) is 23.0. The van der Waals surface area contributed by atoms with E-state index in [1.54, 1.807) is 0 Å². The van der Waals surface area contributed by atoms with Crippen LogP contribution < -0.4 is 7.16 Å². The van der Waals surface area contributed by atoms with E-state index in [-0.39, 0.29) is 24.3 Å². The van der Waals surface area contributed by atoms with Gasteiger partial charge in [0.15, 0.2) is 0 Å². The van der Waals surface area contributed by atoms with E-state index < -0.39 is 119 Å². The molecule has 0 aliphatic rings. The molecule has 0 saturated carbocycles. The minimum atomic E-state index is -8.63. The SMILES string of the molecule is C[CH](C(F)(F)C(F)(F)C(F)(F)C(F)(F)C(F)(F)C(F)(F)F)[Sn]([c]1ccccc1)([c]1ccccc1)[CH](C)C(F)(F)C(F)(F)C(F)(F)C(F)(F)C(F)(F)C(F)(F)F. The molecule has 2 rings (SSSR count). The van der Waals surface area contributed by atoms with E-state index in [9.17, 15) is 79.0 Å². The van der Waals surface area contributed by atoms with Gasteiger partial charge in [0.1, 0.15) is 0 Å². The third kappa shape index (κ3) is 6.46. The van der Waals surface area contributed by atoms with Gasteiger partial charge in [0.25, 0.3) is 0 Å². The van der Waals surface area contributed by atoms with Crippen LogP contribution in [0, 0.1) is 0 Å². The molecule has 0 nitrogen and oxygen atoms in total. The van der Waals surface area contributed by atoms with Crippen LogP contribution in [-0.2, 0) is 0 Å². The molecule has 0 spiro atoms. The fourth-order valence-electron chi connectivity index (χ4n) is 5.65. The van der Waals surface area contributed by atoms with E-state index in [1.165, 1.54) is 0 Å². The van der Waals surface area contributed by atoms with Crippen LogP contribution in [-0.4, -0.2) is 90.0 Å². The molecule has 27 heteroatoms. The van der Waals surface area contributed by atoms with E-state index in [4.69, 9.17) is 0 Å². The average molecular weight is 967 g/mol. The van der Waals surface area contributed by atoms with Crippen LogP contribution in [0.5, 0.6) is 0 Å². The van der Waals surface area contributed by atoms with Gasteiger partial charge in [-0.05, 0) is 0 Å². The van der Waals surface area contributed by atoms with Crippen LogP contribution >= 0.6 is 0 Å². The molecule has 2 aromatic carbocycles. The summed E-state index contributed by atoms with van der Waals surface area (Å²) in [5.41, 5.74) is 0. The third-order valence-corrected chi connectivity index (χ3v) is 26.1. The Bertz CT molecular complexity index is 1500. The van der Waals surface area contributed by atoms with Crippen molar-refractivity contribution in [2.75, 3.05) is 0 Å². The summed E-state index contributed by atoms with van der Waals surface area (Å²) in [5.74, 6) is -82.7. The van der Waals surface area contributed by atoms with Crippen molar-refractivity contribution in [3.8, 4) is 0 Å². The average Bonchev–Trinajstić information content (AvgIpc) is 3.04. The Kier molecular flexibility index (Phi) is 12.2. The van der Waals surface area contributed by atoms with Crippen molar-refractivity contribution in [2.45, 2.75) is 93.3 Å².